The number of thiocarbonyl (C=S) groups is 1. The van der Waals surface area contributed by atoms with Gasteiger partial charge in [-0.05, 0) is 105 Å². The molecule has 244 valence electrons. The predicted molar refractivity (Wildman–Crippen MR) is 187 cm³/mol. The van der Waals surface area contributed by atoms with Crippen LogP contribution in [0.5, 0.6) is 5.75 Å². The number of rotatable bonds is 17. The number of nitrogens with one attached hydrogen (secondary N) is 3. The SMILES string of the molecule is COCCCC(=O)CCCCC(=O)NCCCCCNC(=S)Nc1ccc(-c2c3ccc(=O)cc-3oc3cc(O)ccc23)c(C)c1. The average Bonchev–Trinajstić information content (AvgIpc) is 3.02. The molecule has 2 aromatic rings. The van der Waals surface area contributed by atoms with Crippen molar-refractivity contribution in [3.63, 3.8) is 0 Å². The third-order valence-corrected chi connectivity index (χ3v) is 8.05. The second-order valence-corrected chi connectivity index (χ2v) is 11.9. The summed E-state index contributed by atoms with van der Waals surface area (Å²) in [6.07, 6.45) is 6.52. The van der Waals surface area contributed by atoms with Crippen molar-refractivity contribution in [1.29, 1.82) is 0 Å². The minimum absolute atomic E-state index is 0.0381. The van der Waals surface area contributed by atoms with E-state index in [9.17, 15) is 19.5 Å². The van der Waals surface area contributed by atoms with E-state index in [1.165, 1.54) is 12.1 Å². The second kappa shape index (κ2) is 17.4. The minimum Gasteiger partial charge on any atom is -0.508 e. The highest BCUT2D eigenvalue weighted by Gasteiger charge is 2.19. The van der Waals surface area contributed by atoms with Crippen LogP contribution in [0.3, 0.4) is 0 Å². The summed E-state index contributed by atoms with van der Waals surface area (Å²) in [5.74, 6) is 0.826. The number of ether oxygens (including phenoxy) is 1. The van der Waals surface area contributed by atoms with Gasteiger partial charge in [-0.2, -0.15) is 0 Å². The summed E-state index contributed by atoms with van der Waals surface area (Å²) in [4.78, 5) is 35.8. The van der Waals surface area contributed by atoms with Crippen LogP contribution in [0.1, 0.15) is 63.4 Å². The van der Waals surface area contributed by atoms with Gasteiger partial charge in [0.25, 0.3) is 0 Å². The Morgan fingerprint density at radius 2 is 1.59 bits per heavy atom. The van der Waals surface area contributed by atoms with Crippen LogP contribution in [0.2, 0.25) is 0 Å². The lowest BCUT2D eigenvalue weighted by Gasteiger charge is -2.18. The number of Topliss-reactive ketones (excluding diaryl/α,β-unsaturated/α-hetero) is 1. The molecule has 0 saturated carbocycles. The van der Waals surface area contributed by atoms with Gasteiger partial charge in [0.05, 0.1) is 0 Å². The zero-order valence-electron chi connectivity index (χ0n) is 26.6. The number of hydrogen-bond donors (Lipinski definition) is 4. The largest absolute Gasteiger partial charge is 0.508 e. The lowest BCUT2D eigenvalue weighted by atomic mass is 9.91. The number of methoxy groups -OCH3 is 1. The Morgan fingerprint density at radius 1 is 0.848 bits per heavy atom. The van der Waals surface area contributed by atoms with Crippen LogP contribution in [0, 0.1) is 6.92 Å². The van der Waals surface area contributed by atoms with E-state index in [0.717, 1.165) is 78.4 Å². The maximum atomic E-state index is 12.0. The van der Waals surface area contributed by atoms with Gasteiger partial charge in [-0.25, -0.2) is 0 Å². The summed E-state index contributed by atoms with van der Waals surface area (Å²) in [5.41, 5.74) is 4.94. The molecule has 0 fully saturated rings. The fourth-order valence-corrected chi connectivity index (χ4v) is 5.66. The number of ketones is 1. The van der Waals surface area contributed by atoms with Gasteiger partial charge in [-0.1, -0.05) is 6.07 Å². The van der Waals surface area contributed by atoms with Gasteiger partial charge in [0, 0.05) is 80.4 Å². The highest BCUT2D eigenvalue weighted by atomic mass is 32.1. The van der Waals surface area contributed by atoms with Crippen molar-refractivity contribution in [2.45, 2.75) is 64.7 Å². The first kappa shape index (κ1) is 34.6. The molecule has 0 unspecified atom stereocenters. The molecule has 2 aliphatic rings. The lowest BCUT2D eigenvalue weighted by molar-refractivity contribution is -0.122. The van der Waals surface area contributed by atoms with Crippen molar-refractivity contribution in [3.8, 4) is 28.2 Å². The van der Waals surface area contributed by atoms with E-state index < -0.39 is 0 Å². The van der Waals surface area contributed by atoms with Crippen LogP contribution in [0.15, 0.2) is 63.8 Å². The molecule has 9 nitrogen and oxygen atoms in total. The maximum Gasteiger partial charge on any atom is 0.219 e. The summed E-state index contributed by atoms with van der Waals surface area (Å²) in [7, 11) is 1.63. The van der Waals surface area contributed by atoms with Crippen LogP contribution in [0.25, 0.3) is 33.4 Å². The first-order valence-corrected chi connectivity index (χ1v) is 16.3. The Bertz CT molecular complexity index is 1680. The fraction of sp³-hybridized carbons (Fsp3) is 0.389. The van der Waals surface area contributed by atoms with Crippen LogP contribution in [-0.4, -0.2) is 48.7 Å². The molecule has 1 aliphatic heterocycles. The minimum atomic E-state index is -0.146. The number of unbranched alkanes of at least 4 members (excludes halogenated alkanes) is 3. The molecule has 0 spiro atoms. The zero-order chi connectivity index (χ0) is 32.9. The normalized spacial score (nSPS) is 11.1. The second-order valence-electron chi connectivity index (χ2n) is 11.5. The van der Waals surface area contributed by atoms with Crippen molar-refractivity contribution in [3.05, 3.63) is 70.4 Å². The number of fused-ring (bicyclic) bond motifs is 2. The predicted octanol–water partition coefficient (Wildman–Crippen LogP) is 6.71. The molecule has 0 bridgehead atoms. The number of anilines is 1. The van der Waals surface area contributed by atoms with E-state index in [1.54, 1.807) is 25.3 Å². The van der Waals surface area contributed by atoms with E-state index in [1.807, 2.05) is 31.2 Å². The van der Waals surface area contributed by atoms with Crippen molar-refractivity contribution in [2.24, 2.45) is 0 Å². The Kier molecular flexibility index (Phi) is 13.1. The molecule has 0 saturated heterocycles. The molecule has 0 atom stereocenters. The number of hydrogen-bond acceptors (Lipinski definition) is 7. The van der Waals surface area contributed by atoms with Crippen LogP contribution in [-0.2, 0) is 14.3 Å². The standard InChI is InChI=1S/C36H43N3O6S/c1-24-21-25(12-15-29(24)35-30-16-13-27(41)22-32(30)45-33-23-28(42)14-17-31(33)35)39-36(46)38-19-7-3-6-18-37-34(43)11-5-4-9-26(40)10-8-20-44-2/h12-17,21-23,41H,3-11,18-20H2,1-2H3,(H,37,43)(H2,38,39,46). The van der Waals surface area contributed by atoms with Crippen LogP contribution in [0.4, 0.5) is 5.69 Å². The molecular weight excluding hydrogens is 602 g/mol. The molecule has 2 aromatic carbocycles. The van der Waals surface area contributed by atoms with E-state index >= 15 is 0 Å². The molecule has 1 amide bonds. The van der Waals surface area contributed by atoms with Crippen LogP contribution >= 0.6 is 12.2 Å². The highest BCUT2D eigenvalue weighted by Crippen LogP contribution is 2.42. The van der Waals surface area contributed by atoms with Crippen molar-refractivity contribution in [1.82, 2.24) is 10.6 Å². The van der Waals surface area contributed by atoms with Crippen molar-refractivity contribution >= 4 is 45.7 Å². The zero-order valence-corrected chi connectivity index (χ0v) is 27.4. The van der Waals surface area contributed by atoms with Crippen molar-refractivity contribution < 1.29 is 23.8 Å². The molecule has 4 N–H and O–H groups in total. The summed E-state index contributed by atoms with van der Waals surface area (Å²) >= 11 is 5.51. The van der Waals surface area contributed by atoms with Gasteiger partial charge in [-0.3, -0.25) is 14.4 Å². The van der Waals surface area contributed by atoms with Gasteiger partial charge in [0.2, 0.25) is 5.91 Å². The average molecular weight is 646 g/mol. The molecule has 4 rings (SSSR count). The number of amides is 1. The Morgan fingerprint density at radius 3 is 2.37 bits per heavy atom. The lowest BCUT2D eigenvalue weighted by Crippen LogP contribution is -2.29. The Labute approximate surface area is 275 Å². The first-order chi connectivity index (χ1) is 22.2. The maximum absolute atomic E-state index is 12.0. The van der Waals surface area contributed by atoms with E-state index in [0.29, 0.717) is 48.9 Å². The number of benzene rings is 3. The third kappa shape index (κ3) is 10.1. The number of carbonyl (C=O) groups is 2. The summed E-state index contributed by atoms with van der Waals surface area (Å²) in [5, 5.41) is 20.9. The van der Waals surface area contributed by atoms with Crippen molar-refractivity contribution in [2.75, 3.05) is 32.1 Å². The van der Waals surface area contributed by atoms with Crippen LogP contribution < -0.4 is 21.4 Å². The summed E-state index contributed by atoms with van der Waals surface area (Å²) < 4.78 is 10.9. The number of aromatic hydroxyl groups is 1. The van der Waals surface area contributed by atoms with Gasteiger partial charge >= 0.3 is 0 Å². The van der Waals surface area contributed by atoms with Gasteiger partial charge in [-0.15, -0.1) is 0 Å². The summed E-state index contributed by atoms with van der Waals surface area (Å²) in [6.45, 7) is 3.98. The molecule has 1 heterocycles. The molecule has 46 heavy (non-hydrogen) atoms. The van der Waals surface area contributed by atoms with Gasteiger partial charge in [0.15, 0.2) is 10.5 Å². The number of carbonyl (C=O) groups excluding carboxylic acids is 2. The monoisotopic (exact) mass is 645 g/mol. The van der Waals surface area contributed by atoms with Gasteiger partial charge < -0.3 is 30.2 Å². The van der Waals surface area contributed by atoms with E-state index in [-0.39, 0.29) is 22.9 Å². The van der Waals surface area contributed by atoms with E-state index in [2.05, 4.69) is 16.0 Å². The molecule has 1 aliphatic carbocycles. The fourth-order valence-electron chi connectivity index (χ4n) is 5.44. The third-order valence-electron chi connectivity index (χ3n) is 7.81. The molecule has 10 heteroatoms. The molecule has 0 aromatic heterocycles. The number of phenols is 1. The van der Waals surface area contributed by atoms with E-state index in [4.69, 9.17) is 21.4 Å². The Balaban J connectivity index is 1.19. The first-order valence-electron chi connectivity index (χ1n) is 15.9. The highest BCUT2D eigenvalue weighted by molar-refractivity contribution is 7.80. The summed E-state index contributed by atoms with van der Waals surface area (Å²) in [6, 6.07) is 15.8. The smallest absolute Gasteiger partial charge is 0.219 e. The topological polar surface area (TPSA) is 130 Å². The molecule has 0 radical (unpaired) electrons. The Hall–Kier alpha value is -4.28. The quantitative estimate of drug-likeness (QED) is 0.0563. The number of aryl methyl sites for hydroxylation is 1. The van der Waals surface area contributed by atoms with Gasteiger partial charge in [0.1, 0.15) is 22.9 Å². The number of phenolic OH excluding ortho intramolecular Hbond substituents is 1. The molecular formula is C36H43N3O6S.